The zero-order valence-corrected chi connectivity index (χ0v) is 16.7. The van der Waals surface area contributed by atoms with E-state index in [1.165, 1.54) is 5.56 Å². The van der Waals surface area contributed by atoms with Crippen molar-refractivity contribution >= 4 is 22.6 Å². The first-order valence-corrected chi connectivity index (χ1v) is 9.54. The van der Waals surface area contributed by atoms with Crippen molar-refractivity contribution in [2.24, 2.45) is 0 Å². The third kappa shape index (κ3) is 4.46. The number of carbonyl (C=O) groups is 1. The van der Waals surface area contributed by atoms with Gasteiger partial charge in [0.25, 0.3) is 5.91 Å². The Labute approximate surface area is 169 Å². The highest BCUT2D eigenvalue weighted by atomic mass is 16.5. The van der Waals surface area contributed by atoms with E-state index in [0.717, 1.165) is 33.5 Å². The first-order valence-electron chi connectivity index (χ1n) is 9.54. The van der Waals surface area contributed by atoms with Crippen molar-refractivity contribution in [3.8, 4) is 17.1 Å². The van der Waals surface area contributed by atoms with E-state index >= 15 is 0 Å². The topological polar surface area (TPSA) is 67.0 Å². The zero-order chi connectivity index (χ0) is 20.4. The van der Waals surface area contributed by atoms with Crippen LogP contribution in [0, 0.1) is 20.8 Å². The lowest BCUT2D eigenvalue weighted by molar-refractivity contribution is -0.118. The normalized spacial score (nSPS) is 10.9. The smallest absolute Gasteiger partial charge is 0.262 e. The molecule has 5 heteroatoms. The summed E-state index contributed by atoms with van der Waals surface area (Å²) >= 11 is 0. The number of carbonyl (C=O) groups excluding carboxylic acids is 1. The van der Waals surface area contributed by atoms with Crippen LogP contribution in [-0.4, -0.2) is 22.5 Å². The van der Waals surface area contributed by atoms with Crippen LogP contribution in [0.25, 0.3) is 22.4 Å². The Bertz CT molecular complexity index is 1170. The molecule has 0 aliphatic rings. The van der Waals surface area contributed by atoms with Gasteiger partial charge >= 0.3 is 0 Å². The molecule has 0 radical (unpaired) electrons. The first kappa shape index (κ1) is 18.7. The Morgan fingerprint density at radius 3 is 2.55 bits per heavy atom. The second-order valence-electron chi connectivity index (χ2n) is 7.35. The second-order valence-corrected chi connectivity index (χ2v) is 7.35. The molecule has 0 spiro atoms. The maximum absolute atomic E-state index is 12.3. The summed E-state index contributed by atoms with van der Waals surface area (Å²) in [6.07, 6.45) is 0. The number of amides is 1. The lowest BCUT2D eigenvalue weighted by atomic mass is 10.1. The number of imidazole rings is 1. The van der Waals surface area contributed by atoms with Crippen molar-refractivity contribution in [2.45, 2.75) is 20.8 Å². The molecule has 0 aliphatic carbocycles. The number of aromatic amines is 1. The highest BCUT2D eigenvalue weighted by Crippen LogP contribution is 2.24. The predicted molar refractivity (Wildman–Crippen MR) is 116 cm³/mol. The summed E-state index contributed by atoms with van der Waals surface area (Å²) in [5.74, 6) is 1.26. The van der Waals surface area contributed by atoms with Crippen LogP contribution in [0.5, 0.6) is 5.75 Å². The highest BCUT2D eigenvalue weighted by Gasteiger charge is 2.09. The second kappa shape index (κ2) is 7.80. The lowest BCUT2D eigenvalue weighted by Crippen LogP contribution is -2.20. The van der Waals surface area contributed by atoms with E-state index in [1.54, 1.807) is 0 Å². The molecule has 4 rings (SSSR count). The molecule has 0 saturated carbocycles. The molecule has 1 heterocycles. The average molecular weight is 385 g/mol. The molecule has 0 fully saturated rings. The van der Waals surface area contributed by atoms with Gasteiger partial charge in [0.05, 0.1) is 11.0 Å². The Morgan fingerprint density at radius 2 is 1.76 bits per heavy atom. The standard InChI is InChI=1S/C24H23N3O2/c1-15-7-8-21-22(12-15)27-24(26-21)18-5-4-6-19(13-18)25-23(28)14-29-20-10-16(2)9-17(3)11-20/h4-13H,14H2,1-3H3,(H,25,28)(H,26,27). The number of hydrogen-bond donors (Lipinski definition) is 2. The molecule has 0 saturated heterocycles. The van der Waals surface area contributed by atoms with Crippen LogP contribution in [0.1, 0.15) is 16.7 Å². The Balaban J connectivity index is 1.45. The Kier molecular flexibility index (Phi) is 5.04. The fourth-order valence-corrected chi connectivity index (χ4v) is 3.37. The number of H-pyrrole nitrogens is 1. The summed E-state index contributed by atoms with van der Waals surface area (Å²) in [6, 6.07) is 19.6. The maximum atomic E-state index is 12.3. The number of fused-ring (bicyclic) bond motifs is 1. The third-order valence-electron chi connectivity index (χ3n) is 4.62. The van der Waals surface area contributed by atoms with E-state index in [9.17, 15) is 4.79 Å². The van der Waals surface area contributed by atoms with Crippen LogP contribution in [0.15, 0.2) is 60.7 Å². The van der Waals surface area contributed by atoms with Gasteiger partial charge in [-0.05, 0) is 73.9 Å². The largest absolute Gasteiger partial charge is 0.484 e. The number of ether oxygens (including phenoxy) is 1. The summed E-state index contributed by atoms with van der Waals surface area (Å²) in [6.45, 7) is 6.02. The number of aryl methyl sites for hydroxylation is 3. The van der Waals surface area contributed by atoms with Gasteiger partial charge in [-0.25, -0.2) is 4.98 Å². The van der Waals surface area contributed by atoms with E-state index in [4.69, 9.17) is 4.74 Å². The molecule has 0 aliphatic heterocycles. The van der Waals surface area contributed by atoms with Crippen molar-refractivity contribution < 1.29 is 9.53 Å². The van der Waals surface area contributed by atoms with Crippen LogP contribution in [0.2, 0.25) is 0 Å². The van der Waals surface area contributed by atoms with Crippen LogP contribution in [0.3, 0.4) is 0 Å². The van der Waals surface area contributed by atoms with Gasteiger partial charge in [0.1, 0.15) is 11.6 Å². The van der Waals surface area contributed by atoms with Gasteiger partial charge in [-0.2, -0.15) is 0 Å². The minimum atomic E-state index is -0.207. The molecule has 3 aromatic carbocycles. The number of rotatable bonds is 5. The molecular formula is C24H23N3O2. The third-order valence-corrected chi connectivity index (χ3v) is 4.62. The van der Waals surface area contributed by atoms with Gasteiger partial charge in [0, 0.05) is 11.3 Å². The Morgan fingerprint density at radius 1 is 0.966 bits per heavy atom. The number of hydrogen-bond acceptors (Lipinski definition) is 3. The SMILES string of the molecule is Cc1cc(C)cc(OCC(=O)Nc2cccc(-c3nc4ccc(C)cc4[nH]3)c2)c1. The molecule has 1 amide bonds. The van der Waals surface area contributed by atoms with Gasteiger partial charge in [-0.1, -0.05) is 24.3 Å². The van der Waals surface area contributed by atoms with Gasteiger partial charge < -0.3 is 15.0 Å². The van der Waals surface area contributed by atoms with E-state index in [1.807, 2.05) is 62.4 Å². The number of benzene rings is 3. The van der Waals surface area contributed by atoms with Crippen molar-refractivity contribution in [1.82, 2.24) is 9.97 Å². The predicted octanol–water partition coefficient (Wildman–Crippen LogP) is 5.17. The van der Waals surface area contributed by atoms with E-state index < -0.39 is 0 Å². The molecule has 146 valence electrons. The number of nitrogens with zero attached hydrogens (tertiary/aromatic N) is 1. The number of nitrogens with one attached hydrogen (secondary N) is 2. The molecule has 5 nitrogen and oxygen atoms in total. The molecule has 0 unspecified atom stereocenters. The van der Waals surface area contributed by atoms with Crippen LogP contribution in [0.4, 0.5) is 5.69 Å². The number of anilines is 1. The first-order chi connectivity index (χ1) is 14.0. The molecule has 29 heavy (non-hydrogen) atoms. The molecule has 2 N–H and O–H groups in total. The van der Waals surface area contributed by atoms with Crippen molar-refractivity contribution in [3.05, 3.63) is 77.4 Å². The molecule has 4 aromatic rings. The molecule has 1 aromatic heterocycles. The quantitative estimate of drug-likeness (QED) is 0.498. The van der Waals surface area contributed by atoms with Gasteiger partial charge in [0.15, 0.2) is 6.61 Å². The van der Waals surface area contributed by atoms with E-state index in [2.05, 4.69) is 34.3 Å². The highest BCUT2D eigenvalue weighted by molar-refractivity contribution is 5.92. The minimum absolute atomic E-state index is 0.0446. The zero-order valence-electron chi connectivity index (χ0n) is 16.7. The van der Waals surface area contributed by atoms with Gasteiger partial charge in [-0.15, -0.1) is 0 Å². The van der Waals surface area contributed by atoms with E-state index in [-0.39, 0.29) is 12.5 Å². The summed E-state index contributed by atoms with van der Waals surface area (Å²) in [4.78, 5) is 20.3. The molecule has 0 bridgehead atoms. The van der Waals surface area contributed by atoms with Crippen molar-refractivity contribution in [3.63, 3.8) is 0 Å². The molecule has 0 atom stereocenters. The lowest BCUT2D eigenvalue weighted by Gasteiger charge is -2.09. The van der Waals surface area contributed by atoms with Crippen LogP contribution >= 0.6 is 0 Å². The Hall–Kier alpha value is -3.60. The van der Waals surface area contributed by atoms with Crippen molar-refractivity contribution in [1.29, 1.82) is 0 Å². The summed E-state index contributed by atoms with van der Waals surface area (Å²) in [5.41, 5.74) is 6.92. The van der Waals surface area contributed by atoms with Gasteiger partial charge in [0.2, 0.25) is 0 Å². The molecular weight excluding hydrogens is 362 g/mol. The number of aromatic nitrogens is 2. The fourth-order valence-electron chi connectivity index (χ4n) is 3.37. The van der Waals surface area contributed by atoms with E-state index in [0.29, 0.717) is 11.4 Å². The summed E-state index contributed by atoms with van der Waals surface area (Å²) < 4.78 is 5.64. The van der Waals surface area contributed by atoms with Crippen molar-refractivity contribution in [2.75, 3.05) is 11.9 Å². The van der Waals surface area contributed by atoms with Crippen LogP contribution < -0.4 is 10.1 Å². The average Bonchev–Trinajstić information content (AvgIpc) is 3.09. The maximum Gasteiger partial charge on any atom is 0.262 e. The minimum Gasteiger partial charge on any atom is -0.484 e. The fraction of sp³-hybridized carbons (Fsp3) is 0.167. The van der Waals surface area contributed by atoms with Crippen LogP contribution in [-0.2, 0) is 4.79 Å². The monoisotopic (exact) mass is 385 g/mol. The van der Waals surface area contributed by atoms with Gasteiger partial charge in [-0.3, -0.25) is 4.79 Å². The summed E-state index contributed by atoms with van der Waals surface area (Å²) in [7, 11) is 0. The summed E-state index contributed by atoms with van der Waals surface area (Å²) in [5, 5.41) is 2.89.